The molecule has 5 heterocycles. The molecule has 3 saturated heterocycles. The van der Waals surface area contributed by atoms with E-state index in [1.54, 1.807) is 12.4 Å². The summed E-state index contributed by atoms with van der Waals surface area (Å²) in [5.74, 6) is 1.68. The van der Waals surface area contributed by atoms with Crippen molar-refractivity contribution in [2.45, 2.75) is 32.4 Å². The maximum absolute atomic E-state index is 13.0. The van der Waals surface area contributed by atoms with Gasteiger partial charge in [-0.05, 0) is 49.4 Å². The van der Waals surface area contributed by atoms with Crippen LogP contribution in [0.25, 0.3) is 11.0 Å². The molecular weight excluding hydrogens is 350 g/mol. The standard InChI is InChI=1S/C23H25N3O2/c1-16-20-6-2-3-7-21(20)28-22(16)15-25-12-17-8-9-19(25)14-26(13-17)23(27)18-5-4-10-24-11-18/h2-7,10-11,17,19H,8-9,12-15H2,1H3/t17-,19-/m1/s1. The fourth-order valence-corrected chi connectivity index (χ4v) is 4.77. The number of furan rings is 1. The zero-order valence-corrected chi connectivity index (χ0v) is 16.2. The summed E-state index contributed by atoms with van der Waals surface area (Å²) in [6.45, 7) is 5.60. The Hall–Kier alpha value is -2.66. The first kappa shape index (κ1) is 17.4. The van der Waals surface area contributed by atoms with Gasteiger partial charge in [0.15, 0.2) is 0 Å². The van der Waals surface area contributed by atoms with Crippen molar-refractivity contribution in [3.63, 3.8) is 0 Å². The van der Waals surface area contributed by atoms with Crippen LogP contribution in [0.4, 0.5) is 0 Å². The molecule has 5 nitrogen and oxygen atoms in total. The smallest absolute Gasteiger partial charge is 0.255 e. The van der Waals surface area contributed by atoms with Crippen molar-refractivity contribution in [1.29, 1.82) is 0 Å². The van der Waals surface area contributed by atoms with Crippen LogP contribution < -0.4 is 0 Å². The summed E-state index contributed by atoms with van der Waals surface area (Å²) < 4.78 is 6.16. The number of rotatable bonds is 3. The number of amides is 1. The summed E-state index contributed by atoms with van der Waals surface area (Å²) in [7, 11) is 0. The lowest BCUT2D eigenvalue weighted by atomic mass is 9.95. The SMILES string of the molecule is Cc1c(CN2C[C@H]3CC[C@@H]2CN(C(=O)c2cccnc2)C3)oc2ccccc12. The van der Waals surface area contributed by atoms with Gasteiger partial charge in [0.2, 0.25) is 0 Å². The highest BCUT2D eigenvalue weighted by Gasteiger charge is 2.37. The number of aromatic nitrogens is 1. The molecule has 3 aliphatic rings. The Morgan fingerprint density at radius 3 is 2.86 bits per heavy atom. The van der Waals surface area contributed by atoms with Gasteiger partial charge in [-0.15, -0.1) is 0 Å². The van der Waals surface area contributed by atoms with E-state index in [-0.39, 0.29) is 5.91 Å². The second kappa shape index (κ2) is 7.06. The van der Waals surface area contributed by atoms with E-state index in [0.717, 1.165) is 43.9 Å². The summed E-state index contributed by atoms with van der Waals surface area (Å²) in [6, 6.07) is 12.3. The number of nitrogens with zero attached hydrogens (tertiary/aromatic N) is 3. The molecule has 0 radical (unpaired) electrons. The number of aryl methyl sites for hydroxylation is 1. The van der Waals surface area contributed by atoms with Gasteiger partial charge in [0, 0.05) is 43.5 Å². The number of fused-ring (bicyclic) bond motifs is 5. The normalized spacial score (nSPS) is 22.5. The molecule has 0 unspecified atom stereocenters. The number of piperidine rings is 1. The van der Waals surface area contributed by atoms with E-state index in [9.17, 15) is 4.79 Å². The van der Waals surface area contributed by atoms with Crippen molar-refractivity contribution in [3.05, 3.63) is 65.7 Å². The van der Waals surface area contributed by atoms with Crippen LogP contribution in [0.15, 0.2) is 53.2 Å². The predicted octanol–water partition coefficient (Wildman–Crippen LogP) is 3.87. The van der Waals surface area contributed by atoms with Crippen molar-refractivity contribution in [2.75, 3.05) is 19.6 Å². The number of carbonyl (C=O) groups is 1. The van der Waals surface area contributed by atoms with E-state index in [1.807, 2.05) is 29.2 Å². The first-order valence-electron chi connectivity index (χ1n) is 10.1. The molecule has 144 valence electrons. The van der Waals surface area contributed by atoms with Gasteiger partial charge in [-0.3, -0.25) is 14.7 Å². The Labute approximate surface area is 165 Å². The first-order chi connectivity index (χ1) is 13.7. The summed E-state index contributed by atoms with van der Waals surface area (Å²) in [4.78, 5) is 21.6. The number of hydrogen-bond donors (Lipinski definition) is 0. The second-order valence-electron chi connectivity index (χ2n) is 8.12. The van der Waals surface area contributed by atoms with Gasteiger partial charge >= 0.3 is 0 Å². The van der Waals surface area contributed by atoms with Gasteiger partial charge in [0.05, 0.1) is 12.1 Å². The van der Waals surface area contributed by atoms with E-state index < -0.39 is 0 Å². The average molecular weight is 375 g/mol. The molecule has 0 aliphatic carbocycles. The minimum atomic E-state index is 0.103. The van der Waals surface area contributed by atoms with Gasteiger partial charge in [-0.25, -0.2) is 0 Å². The molecule has 1 aromatic carbocycles. The molecule has 1 amide bonds. The lowest BCUT2D eigenvalue weighted by molar-refractivity contribution is 0.0733. The van der Waals surface area contributed by atoms with Crippen LogP contribution in [0.1, 0.15) is 34.5 Å². The fourth-order valence-electron chi connectivity index (χ4n) is 4.77. The van der Waals surface area contributed by atoms with Crippen LogP contribution in [0.3, 0.4) is 0 Å². The molecule has 5 heteroatoms. The Morgan fingerprint density at radius 2 is 2.04 bits per heavy atom. The van der Waals surface area contributed by atoms with Crippen molar-refractivity contribution < 1.29 is 9.21 Å². The number of pyridine rings is 1. The third kappa shape index (κ3) is 3.10. The lowest BCUT2D eigenvalue weighted by Gasteiger charge is -2.35. The molecule has 6 rings (SSSR count). The molecule has 0 saturated carbocycles. The van der Waals surface area contributed by atoms with Gasteiger partial charge in [-0.1, -0.05) is 18.2 Å². The van der Waals surface area contributed by atoms with E-state index in [4.69, 9.17) is 4.42 Å². The maximum atomic E-state index is 13.0. The zero-order valence-electron chi connectivity index (χ0n) is 16.2. The molecular formula is C23H25N3O2. The van der Waals surface area contributed by atoms with E-state index in [1.165, 1.54) is 17.4 Å². The summed E-state index contributed by atoms with van der Waals surface area (Å²) in [6.07, 6.45) is 5.71. The van der Waals surface area contributed by atoms with Gasteiger partial charge in [-0.2, -0.15) is 0 Å². The van der Waals surface area contributed by atoms with E-state index in [0.29, 0.717) is 17.5 Å². The Bertz CT molecular complexity index is 998. The molecule has 3 aliphatic heterocycles. The molecule has 2 atom stereocenters. The van der Waals surface area contributed by atoms with Crippen LogP contribution >= 0.6 is 0 Å². The largest absolute Gasteiger partial charge is 0.459 e. The van der Waals surface area contributed by atoms with Crippen LogP contribution in [-0.2, 0) is 6.54 Å². The molecule has 3 fully saturated rings. The number of carbonyl (C=O) groups excluding carboxylic acids is 1. The Balaban J connectivity index is 1.36. The van der Waals surface area contributed by atoms with Crippen molar-refractivity contribution >= 4 is 16.9 Å². The van der Waals surface area contributed by atoms with E-state index >= 15 is 0 Å². The minimum absolute atomic E-state index is 0.103. The molecule has 0 spiro atoms. The Morgan fingerprint density at radius 1 is 1.14 bits per heavy atom. The number of benzene rings is 1. The third-order valence-electron chi connectivity index (χ3n) is 6.31. The van der Waals surface area contributed by atoms with Gasteiger partial charge in [0.1, 0.15) is 11.3 Å². The zero-order chi connectivity index (χ0) is 19.1. The van der Waals surface area contributed by atoms with Crippen molar-refractivity contribution in [2.24, 2.45) is 5.92 Å². The van der Waals surface area contributed by atoms with Crippen molar-refractivity contribution in [1.82, 2.24) is 14.8 Å². The predicted molar refractivity (Wildman–Crippen MR) is 108 cm³/mol. The van der Waals surface area contributed by atoms with Crippen LogP contribution in [0.2, 0.25) is 0 Å². The number of hydrogen-bond acceptors (Lipinski definition) is 4. The van der Waals surface area contributed by atoms with Gasteiger partial charge < -0.3 is 9.32 Å². The second-order valence-corrected chi connectivity index (χ2v) is 8.12. The molecule has 28 heavy (non-hydrogen) atoms. The quantitative estimate of drug-likeness (QED) is 0.697. The lowest BCUT2D eigenvalue weighted by Crippen LogP contribution is -2.44. The van der Waals surface area contributed by atoms with E-state index in [2.05, 4.69) is 28.9 Å². The molecule has 3 aromatic rings. The van der Waals surface area contributed by atoms with Crippen LogP contribution in [-0.4, -0.2) is 46.4 Å². The minimum Gasteiger partial charge on any atom is -0.459 e. The molecule has 2 aromatic heterocycles. The summed E-state index contributed by atoms with van der Waals surface area (Å²) in [5.41, 5.74) is 2.88. The topological polar surface area (TPSA) is 49.6 Å². The average Bonchev–Trinajstić information content (AvgIpc) is 2.89. The molecule has 0 N–H and O–H groups in total. The molecule has 2 bridgehead atoms. The summed E-state index contributed by atoms with van der Waals surface area (Å²) in [5, 5.41) is 1.20. The highest BCUT2D eigenvalue weighted by Crippen LogP contribution is 2.32. The van der Waals surface area contributed by atoms with Crippen LogP contribution in [0.5, 0.6) is 0 Å². The summed E-state index contributed by atoms with van der Waals surface area (Å²) >= 11 is 0. The third-order valence-corrected chi connectivity index (χ3v) is 6.31. The highest BCUT2D eigenvalue weighted by atomic mass is 16.3. The van der Waals surface area contributed by atoms with Crippen LogP contribution in [0, 0.1) is 12.8 Å². The monoisotopic (exact) mass is 375 g/mol. The number of para-hydroxylation sites is 1. The maximum Gasteiger partial charge on any atom is 0.255 e. The highest BCUT2D eigenvalue weighted by molar-refractivity contribution is 5.94. The Kier molecular flexibility index (Phi) is 4.40. The van der Waals surface area contributed by atoms with Gasteiger partial charge in [0.25, 0.3) is 5.91 Å². The van der Waals surface area contributed by atoms with Crippen molar-refractivity contribution in [3.8, 4) is 0 Å². The fraction of sp³-hybridized carbons (Fsp3) is 0.391. The first-order valence-corrected chi connectivity index (χ1v) is 10.1.